The van der Waals surface area contributed by atoms with Crippen molar-refractivity contribution in [3.63, 3.8) is 0 Å². The minimum absolute atomic E-state index is 0.878. The van der Waals surface area contributed by atoms with Gasteiger partial charge in [0.15, 0.2) is 0 Å². The maximum absolute atomic E-state index is 3.59. The highest BCUT2D eigenvalue weighted by atomic mass is 15.1. The summed E-state index contributed by atoms with van der Waals surface area (Å²) in [6, 6.07) is 15.0. The lowest BCUT2D eigenvalue weighted by atomic mass is 10.0. The maximum atomic E-state index is 3.59. The molecule has 0 unspecified atom stereocenters. The van der Waals surface area contributed by atoms with Gasteiger partial charge in [0.1, 0.15) is 0 Å². The van der Waals surface area contributed by atoms with Gasteiger partial charge in [-0.2, -0.15) is 0 Å². The SMILES string of the molecule is Cc1cccc(C)c1CNc1ccccc1CN(C)C. The zero-order chi connectivity index (χ0) is 14.5. The van der Waals surface area contributed by atoms with Crippen LogP contribution >= 0.6 is 0 Å². The number of aryl methyl sites for hydroxylation is 2. The van der Waals surface area contributed by atoms with E-state index in [1.165, 1.54) is 27.9 Å². The average molecular weight is 268 g/mol. The minimum atomic E-state index is 0.878. The number of para-hydroxylation sites is 1. The fourth-order valence-corrected chi connectivity index (χ4v) is 2.48. The Kier molecular flexibility index (Phi) is 4.80. The molecule has 2 aromatic carbocycles. The van der Waals surface area contributed by atoms with Crippen molar-refractivity contribution in [2.45, 2.75) is 26.9 Å². The molecule has 2 rings (SSSR count). The Balaban J connectivity index is 2.15. The van der Waals surface area contributed by atoms with Crippen LogP contribution in [0, 0.1) is 13.8 Å². The van der Waals surface area contributed by atoms with Gasteiger partial charge in [-0.05, 0) is 56.3 Å². The van der Waals surface area contributed by atoms with Crippen molar-refractivity contribution in [1.29, 1.82) is 0 Å². The van der Waals surface area contributed by atoms with E-state index in [1.807, 2.05) is 0 Å². The van der Waals surface area contributed by atoms with Crippen molar-refractivity contribution in [2.75, 3.05) is 19.4 Å². The van der Waals surface area contributed by atoms with Crippen LogP contribution in [0.2, 0.25) is 0 Å². The molecule has 0 heterocycles. The Hall–Kier alpha value is -1.80. The van der Waals surface area contributed by atoms with Crippen molar-refractivity contribution in [3.8, 4) is 0 Å². The van der Waals surface area contributed by atoms with Crippen LogP contribution in [0.25, 0.3) is 0 Å². The molecule has 0 radical (unpaired) electrons. The maximum Gasteiger partial charge on any atom is 0.0406 e. The summed E-state index contributed by atoms with van der Waals surface area (Å²) >= 11 is 0. The number of anilines is 1. The summed E-state index contributed by atoms with van der Waals surface area (Å²) in [4.78, 5) is 2.19. The van der Waals surface area contributed by atoms with E-state index in [0.29, 0.717) is 0 Å². The first-order valence-corrected chi connectivity index (χ1v) is 7.09. The minimum Gasteiger partial charge on any atom is -0.381 e. The van der Waals surface area contributed by atoms with Crippen molar-refractivity contribution < 1.29 is 0 Å². The van der Waals surface area contributed by atoms with Gasteiger partial charge in [-0.3, -0.25) is 0 Å². The molecular weight excluding hydrogens is 244 g/mol. The third kappa shape index (κ3) is 3.61. The summed E-state index contributed by atoms with van der Waals surface area (Å²) in [7, 11) is 4.20. The molecule has 106 valence electrons. The first-order valence-electron chi connectivity index (χ1n) is 7.09. The van der Waals surface area contributed by atoms with Crippen LogP contribution in [-0.2, 0) is 13.1 Å². The third-order valence-electron chi connectivity index (χ3n) is 3.60. The van der Waals surface area contributed by atoms with Gasteiger partial charge in [-0.1, -0.05) is 36.4 Å². The van der Waals surface area contributed by atoms with E-state index in [4.69, 9.17) is 0 Å². The van der Waals surface area contributed by atoms with Gasteiger partial charge in [0.25, 0.3) is 0 Å². The quantitative estimate of drug-likeness (QED) is 0.882. The topological polar surface area (TPSA) is 15.3 Å². The van der Waals surface area contributed by atoms with Crippen LogP contribution in [0.5, 0.6) is 0 Å². The Labute approximate surface area is 122 Å². The van der Waals surface area contributed by atoms with Crippen molar-refractivity contribution in [2.24, 2.45) is 0 Å². The Morgan fingerprint density at radius 2 is 1.55 bits per heavy atom. The molecule has 0 aliphatic rings. The molecule has 0 aliphatic heterocycles. The molecular formula is C18H24N2. The molecule has 0 saturated carbocycles. The van der Waals surface area contributed by atoms with Gasteiger partial charge in [-0.15, -0.1) is 0 Å². The zero-order valence-electron chi connectivity index (χ0n) is 12.9. The van der Waals surface area contributed by atoms with E-state index < -0.39 is 0 Å². The summed E-state index contributed by atoms with van der Waals surface area (Å²) < 4.78 is 0. The fraction of sp³-hybridized carbons (Fsp3) is 0.333. The molecule has 0 amide bonds. The van der Waals surface area contributed by atoms with E-state index in [1.54, 1.807) is 0 Å². The highest BCUT2D eigenvalue weighted by molar-refractivity contribution is 5.52. The van der Waals surface area contributed by atoms with Gasteiger partial charge in [0.2, 0.25) is 0 Å². The molecule has 0 spiro atoms. The first kappa shape index (κ1) is 14.6. The molecule has 2 aromatic rings. The molecule has 1 N–H and O–H groups in total. The van der Waals surface area contributed by atoms with Gasteiger partial charge >= 0.3 is 0 Å². The van der Waals surface area contributed by atoms with Crippen LogP contribution < -0.4 is 5.32 Å². The molecule has 0 aromatic heterocycles. The van der Waals surface area contributed by atoms with Gasteiger partial charge in [0, 0.05) is 18.8 Å². The smallest absolute Gasteiger partial charge is 0.0406 e. The largest absolute Gasteiger partial charge is 0.381 e. The number of rotatable bonds is 5. The summed E-state index contributed by atoms with van der Waals surface area (Å²) in [5.41, 5.74) is 6.66. The molecule has 0 atom stereocenters. The van der Waals surface area contributed by atoms with E-state index >= 15 is 0 Å². The highest BCUT2D eigenvalue weighted by Crippen LogP contribution is 2.19. The lowest BCUT2D eigenvalue weighted by Gasteiger charge is -2.17. The van der Waals surface area contributed by atoms with Crippen LogP contribution in [-0.4, -0.2) is 19.0 Å². The van der Waals surface area contributed by atoms with Crippen LogP contribution in [0.1, 0.15) is 22.3 Å². The van der Waals surface area contributed by atoms with Crippen LogP contribution in [0.3, 0.4) is 0 Å². The van der Waals surface area contributed by atoms with Gasteiger partial charge in [-0.25, -0.2) is 0 Å². The zero-order valence-corrected chi connectivity index (χ0v) is 12.9. The third-order valence-corrected chi connectivity index (χ3v) is 3.60. The first-order chi connectivity index (χ1) is 9.58. The van der Waals surface area contributed by atoms with Gasteiger partial charge in [0.05, 0.1) is 0 Å². The summed E-state index contributed by atoms with van der Waals surface area (Å²) in [5, 5.41) is 3.59. The second-order valence-corrected chi connectivity index (χ2v) is 5.62. The van der Waals surface area contributed by atoms with Crippen LogP contribution in [0.15, 0.2) is 42.5 Å². The Morgan fingerprint density at radius 1 is 0.900 bits per heavy atom. The van der Waals surface area contributed by atoms with E-state index in [9.17, 15) is 0 Å². The number of hydrogen-bond donors (Lipinski definition) is 1. The Bertz CT molecular complexity index is 553. The number of hydrogen-bond acceptors (Lipinski definition) is 2. The monoisotopic (exact) mass is 268 g/mol. The number of benzene rings is 2. The van der Waals surface area contributed by atoms with Crippen molar-refractivity contribution in [1.82, 2.24) is 4.90 Å². The second-order valence-electron chi connectivity index (χ2n) is 5.62. The summed E-state index contributed by atoms with van der Waals surface area (Å²) in [6.45, 7) is 6.18. The lowest BCUT2D eigenvalue weighted by Crippen LogP contribution is -2.13. The molecule has 2 nitrogen and oxygen atoms in total. The Morgan fingerprint density at radius 3 is 2.20 bits per heavy atom. The van der Waals surface area contributed by atoms with E-state index in [0.717, 1.165) is 13.1 Å². The molecule has 0 bridgehead atoms. The molecule has 2 heteroatoms. The second kappa shape index (κ2) is 6.58. The van der Waals surface area contributed by atoms with Crippen molar-refractivity contribution >= 4 is 5.69 Å². The normalized spacial score (nSPS) is 10.8. The molecule has 20 heavy (non-hydrogen) atoms. The van der Waals surface area contributed by atoms with E-state index in [2.05, 4.69) is 80.6 Å². The fourth-order valence-electron chi connectivity index (χ4n) is 2.48. The number of nitrogens with one attached hydrogen (secondary N) is 1. The molecule has 0 fully saturated rings. The lowest BCUT2D eigenvalue weighted by molar-refractivity contribution is 0.403. The van der Waals surface area contributed by atoms with Crippen LogP contribution in [0.4, 0.5) is 5.69 Å². The molecule has 0 saturated heterocycles. The highest BCUT2D eigenvalue weighted by Gasteiger charge is 2.05. The van der Waals surface area contributed by atoms with Gasteiger partial charge < -0.3 is 10.2 Å². The predicted molar refractivity (Wildman–Crippen MR) is 87.1 cm³/mol. The number of nitrogens with zero attached hydrogens (tertiary/aromatic N) is 1. The summed E-state index contributed by atoms with van der Waals surface area (Å²) in [5.74, 6) is 0. The van der Waals surface area contributed by atoms with Crippen molar-refractivity contribution in [3.05, 3.63) is 64.7 Å². The van der Waals surface area contributed by atoms with E-state index in [-0.39, 0.29) is 0 Å². The summed E-state index contributed by atoms with van der Waals surface area (Å²) in [6.07, 6.45) is 0. The molecule has 0 aliphatic carbocycles. The predicted octanol–water partition coefficient (Wildman–Crippen LogP) is 3.98. The average Bonchev–Trinajstić information content (AvgIpc) is 2.39. The standard InChI is InChI=1S/C18H24N2/c1-14-8-7-9-15(2)17(14)12-19-18-11-6-5-10-16(18)13-20(3)4/h5-11,19H,12-13H2,1-4H3.